The van der Waals surface area contributed by atoms with Crippen LogP contribution in [0.3, 0.4) is 0 Å². The van der Waals surface area contributed by atoms with Crippen LogP contribution in [0.2, 0.25) is 0 Å². The molecular weight excluding hydrogens is 271 g/mol. The summed E-state index contributed by atoms with van der Waals surface area (Å²) in [5.74, 6) is 1.19. The Morgan fingerprint density at radius 1 is 0.667 bits per heavy atom. The first kappa shape index (κ1) is 18.7. The van der Waals surface area contributed by atoms with E-state index in [9.17, 15) is 0 Å². The molecule has 0 N–H and O–H groups in total. The maximum absolute atomic E-state index is 2.48. The lowest BCUT2D eigenvalue weighted by atomic mass is 9.96. The third kappa shape index (κ3) is 4.82. The molecule has 0 aliphatic rings. The molecule has 0 aliphatic heterocycles. The van der Waals surface area contributed by atoms with E-state index in [-0.39, 0.29) is 7.92 Å². The number of hydrogen-bond acceptors (Lipinski definition) is 0. The van der Waals surface area contributed by atoms with E-state index in [0.717, 1.165) is 0 Å². The van der Waals surface area contributed by atoms with Crippen molar-refractivity contribution in [3.63, 3.8) is 0 Å². The molecule has 21 heavy (non-hydrogen) atoms. The Morgan fingerprint density at radius 2 is 1.00 bits per heavy atom. The standard InChI is InChI=1S/C20H35P/c1-14(2)16-11-17(15(3)4)13-18(12-16)21(19(5,6)7)20(8,9)10/h11-15H,1-10H3. The largest absolute Gasteiger partial charge is 0.0643 e. The van der Waals surface area contributed by atoms with Gasteiger partial charge in [0.05, 0.1) is 0 Å². The van der Waals surface area contributed by atoms with Gasteiger partial charge in [0.2, 0.25) is 0 Å². The summed E-state index contributed by atoms with van der Waals surface area (Å²) in [4.78, 5) is 0. The van der Waals surface area contributed by atoms with Gasteiger partial charge < -0.3 is 0 Å². The summed E-state index contributed by atoms with van der Waals surface area (Å²) >= 11 is 0. The Labute approximate surface area is 134 Å². The summed E-state index contributed by atoms with van der Waals surface area (Å²) in [5, 5.41) is 2.24. The fourth-order valence-corrected chi connectivity index (χ4v) is 7.35. The molecule has 0 fully saturated rings. The zero-order chi connectivity index (χ0) is 16.6. The maximum atomic E-state index is 2.48. The highest BCUT2D eigenvalue weighted by Gasteiger charge is 2.36. The Balaban J connectivity index is 3.51. The highest BCUT2D eigenvalue weighted by molar-refractivity contribution is 7.68. The SMILES string of the molecule is CC(C)c1cc(C(C)C)cc(P(C(C)(C)C)C(C)(C)C)c1. The minimum absolute atomic E-state index is 0.220. The third-order valence-electron chi connectivity index (χ3n) is 3.90. The van der Waals surface area contributed by atoms with Crippen molar-refractivity contribution in [2.24, 2.45) is 0 Å². The van der Waals surface area contributed by atoms with E-state index in [1.54, 1.807) is 5.30 Å². The second-order valence-electron chi connectivity index (χ2n) is 8.84. The topological polar surface area (TPSA) is 0 Å². The Bertz CT molecular complexity index is 429. The summed E-state index contributed by atoms with van der Waals surface area (Å²) < 4.78 is 0. The van der Waals surface area contributed by atoms with Crippen LogP contribution in [0.5, 0.6) is 0 Å². The van der Waals surface area contributed by atoms with Crippen molar-refractivity contribution in [3.8, 4) is 0 Å². The highest BCUT2D eigenvalue weighted by Crippen LogP contribution is 2.58. The first-order valence-corrected chi connectivity index (χ1v) is 9.63. The van der Waals surface area contributed by atoms with Crippen molar-refractivity contribution in [1.82, 2.24) is 0 Å². The fraction of sp³-hybridized carbons (Fsp3) is 0.700. The molecule has 0 bridgehead atoms. The minimum Gasteiger partial charge on any atom is -0.0643 e. The van der Waals surface area contributed by atoms with Crippen LogP contribution in [0.25, 0.3) is 0 Å². The third-order valence-corrected chi connectivity index (χ3v) is 7.35. The first-order chi connectivity index (χ1) is 9.34. The highest BCUT2D eigenvalue weighted by atomic mass is 31.1. The molecule has 0 amide bonds. The van der Waals surface area contributed by atoms with E-state index >= 15 is 0 Å². The monoisotopic (exact) mass is 306 g/mol. The van der Waals surface area contributed by atoms with E-state index in [2.05, 4.69) is 87.4 Å². The molecule has 0 aliphatic carbocycles. The van der Waals surface area contributed by atoms with Crippen molar-refractivity contribution in [1.29, 1.82) is 0 Å². The van der Waals surface area contributed by atoms with E-state index in [1.807, 2.05) is 0 Å². The van der Waals surface area contributed by atoms with Crippen molar-refractivity contribution < 1.29 is 0 Å². The van der Waals surface area contributed by atoms with Gasteiger partial charge in [-0.1, -0.05) is 95.4 Å². The predicted octanol–water partition coefficient (Wildman–Crippen LogP) is 6.64. The van der Waals surface area contributed by atoms with Crippen LogP contribution < -0.4 is 5.30 Å². The van der Waals surface area contributed by atoms with Gasteiger partial charge in [-0.25, -0.2) is 0 Å². The molecule has 0 nitrogen and oxygen atoms in total. The van der Waals surface area contributed by atoms with Gasteiger partial charge in [0.15, 0.2) is 0 Å². The maximum Gasteiger partial charge on any atom is -0.0134 e. The van der Waals surface area contributed by atoms with Crippen LogP contribution in [0.1, 0.15) is 92.2 Å². The second kappa shape index (κ2) is 6.41. The van der Waals surface area contributed by atoms with Crippen LogP contribution in [0, 0.1) is 0 Å². The van der Waals surface area contributed by atoms with Gasteiger partial charge in [-0.3, -0.25) is 0 Å². The molecule has 0 atom stereocenters. The molecule has 0 aromatic heterocycles. The molecule has 0 unspecified atom stereocenters. The van der Waals surface area contributed by atoms with Crippen LogP contribution in [-0.4, -0.2) is 10.3 Å². The van der Waals surface area contributed by atoms with Crippen molar-refractivity contribution in [2.75, 3.05) is 0 Å². The van der Waals surface area contributed by atoms with Gasteiger partial charge >= 0.3 is 0 Å². The average Bonchev–Trinajstić information content (AvgIpc) is 2.24. The molecule has 1 aromatic carbocycles. The Morgan fingerprint density at radius 3 is 1.24 bits per heavy atom. The average molecular weight is 306 g/mol. The molecule has 1 heteroatoms. The molecule has 0 saturated carbocycles. The molecule has 1 aromatic rings. The quantitative estimate of drug-likeness (QED) is 0.549. The summed E-state index contributed by atoms with van der Waals surface area (Å²) in [6.45, 7) is 23.6. The van der Waals surface area contributed by atoms with Crippen molar-refractivity contribution in [3.05, 3.63) is 29.3 Å². The molecule has 0 saturated heterocycles. The van der Waals surface area contributed by atoms with Crippen LogP contribution in [0.4, 0.5) is 0 Å². The van der Waals surface area contributed by atoms with Gasteiger partial charge in [0, 0.05) is 0 Å². The number of rotatable bonds is 3. The first-order valence-electron chi connectivity index (χ1n) is 8.29. The smallest absolute Gasteiger partial charge is 0.0134 e. The number of benzene rings is 1. The summed E-state index contributed by atoms with van der Waals surface area (Å²) in [7, 11) is -0.220. The zero-order valence-corrected chi connectivity index (χ0v) is 16.7. The number of hydrogen-bond donors (Lipinski definition) is 0. The zero-order valence-electron chi connectivity index (χ0n) is 15.8. The van der Waals surface area contributed by atoms with Gasteiger partial charge in [-0.15, -0.1) is 0 Å². The van der Waals surface area contributed by atoms with E-state index < -0.39 is 0 Å². The van der Waals surface area contributed by atoms with E-state index in [1.165, 1.54) is 11.1 Å². The second-order valence-corrected chi connectivity index (χ2v) is 12.7. The lowest BCUT2D eigenvalue weighted by Gasteiger charge is -2.42. The van der Waals surface area contributed by atoms with Crippen LogP contribution in [0.15, 0.2) is 18.2 Å². The summed E-state index contributed by atoms with van der Waals surface area (Å²) in [6, 6.07) is 7.38. The predicted molar refractivity (Wildman–Crippen MR) is 101 cm³/mol. The lowest BCUT2D eigenvalue weighted by molar-refractivity contribution is 0.714. The molecule has 0 radical (unpaired) electrons. The molecular formula is C20H35P. The summed E-state index contributed by atoms with van der Waals surface area (Å²) in [6.07, 6.45) is 0. The van der Waals surface area contributed by atoms with Gasteiger partial charge in [0.1, 0.15) is 0 Å². The molecule has 0 heterocycles. The summed E-state index contributed by atoms with van der Waals surface area (Å²) in [5.41, 5.74) is 2.99. The minimum atomic E-state index is -0.220. The van der Waals surface area contributed by atoms with Crippen LogP contribution >= 0.6 is 7.92 Å². The van der Waals surface area contributed by atoms with Gasteiger partial charge in [0.25, 0.3) is 0 Å². The van der Waals surface area contributed by atoms with Crippen molar-refractivity contribution in [2.45, 2.75) is 91.4 Å². The lowest BCUT2D eigenvalue weighted by Crippen LogP contribution is -2.31. The van der Waals surface area contributed by atoms with Crippen LogP contribution in [-0.2, 0) is 0 Å². The molecule has 0 spiro atoms. The molecule has 1 rings (SSSR count). The molecule has 120 valence electrons. The van der Waals surface area contributed by atoms with Gasteiger partial charge in [-0.2, -0.15) is 0 Å². The Hall–Kier alpha value is -0.350. The van der Waals surface area contributed by atoms with Gasteiger partial charge in [-0.05, 0) is 38.6 Å². The Kier molecular flexibility index (Phi) is 5.71. The normalized spacial score (nSPS) is 13.6. The fourth-order valence-electron chi connectivity index (χ4n) is 3.24. The van der Waals surface area contributed by atoms with Crippen molar-refractivity contribution >= 4 is 13.2 Å². The van der Waals surface area contributed by atoms with E-state index in [0.29, 0.717) is 22.1 Å². The van der Waals surface area contributed by atoms with E-state index in [4.69, 9.17) is 0 Å².